The second-order valence-electron chi connectivity index (χ2n) is 4.30. The van der Waals surface area contributed by atoms with Gasteiger partial charge in [-0.1, -0.05) is 36.4 Å². The van der Waals surface area contributed by atoms with E-state index in [0.717, 1.165) is 22.6 Å². The average Bonchev–Trinajstić information content (AvgIpc) is 2.55. The third-order valence-electron chi connectivity index (χ3n) is 2.87. The Bertz CT molecular complexity index is 689. The molecule has 0 saturated carbocycles. The molecule has 0 spiro atoms. The maximum Gasteiger partial charge on any atom is 0.0857 e. The van der Waals surface area contributed by atoms with Crippen LogP contribution in [0.2, 0.25) is 0 Å². The maximum absolute atomic E-state index is 4.32. The summed E-state index contributed by atoms with van der Waals surface area (Å²) in [6, 6.07) is 23.4. The summed E-state index contributed by atoms with van der Waals surface area (Å²) in [6.45, 7) is 0. The van der Waals surface area contributed by atoms with Crippen molar-refractivity contribution in [1.29, 1.82) is 0 Å². The minimum Gasteiger partial charge on any atom is -0.256 e. The summed E-state index contributed by atoms with van der Waals surface area (Å²) in [5.41, 5.74) is 3.71. The first kappa shape index (κ1) is 12.2. The Labute approximate surface area is 117 Å². The molecule has 0 atom stereocenters. The Morgan fingerprint density at radius 3 is 1.90 bits per heavy atom. The van der Waals surface area contributed by atoms with E-state index in [2.05, 4.69) is 15.2 Å². The van der Waals surface area contributed by atoms with Crippen molar-refractivity contribution in [1.82, 2.24) is 4.98 Å². The molecular weight excluding hydrogens is 246 g/mol. The Balaban J connectivity index is 1.79. The fourth-order valence-electron chi connectivity index (χ4n) is 1.84. The smallest absolute Gasteiger partial charge is 0.0857 e. The normalized spacial score (nSPS) is 10.8. The van der Waals surface area contributed by atoms with Gasteiger partial charge in [0, 0.05) is 11.8 Å². The Kier molecular flexibility index (Phi) is 3.60. The molecule has 3 heteroatoms. The predicted octanol–water partition coefficient (Wildman–Crippen LogP) is 5.16. The first-order valence-electron chi connectivity index (χ1n) is 6.40. The van der Waals surface area contributed by atoms with Crippen LogP contribution < -0.4 is 0 Å². The summed E-state index contributed by atoms with van der Waals surface area (Å²) < 4.78 is 0. The second-order valence-corrected chi connectivity index (χ2v) is 4.30. The van der Waals surface area contributed by atoms with Gasteiger partial charge in [0.1, 0.15) is 0 Å². The predicted molar refractivity (Wildman–Crippen MR) is 80.3 cm³/mol. The molecule has 0 aliphatic heterocycles. The van der Waals surface area contributed by atoms with Crippen LogP contribution in [0, 0.1) is 0 Å². The van der Waals surface area contributed by atoms with Crippen LogP contribution in [-0.2, 0) is 0 Å². The highest BCUT2D eigenvalue weighted by atomic mass is 15.1. The first-order chi connectivity index (χ1) is 9.92. The van der Waals surface area contributed by atoms with Gasteiger partial charge in [-0.05, 0) is 36.4 Å². The molecule has 96 valence electrons. The fourth-order valence-corrected chi connectivity index (χ4v) is 1.84. The van der Waals surface area contributed by atoms with E-state index >= 15 is 0 Å². The van der Waals surface area contributed by atoms with Gasteiger partial charge in [-0.2, -0.15) is 10.2 Å². The Morgan fingerprint density at radius 2 is 1.25 bits per heavy atom. The molecule has 0 fully saturated rings. The number of hydrogen-bond acceptors (Lipinski definition) is 3. The number of hydrogen-bond donors (Lipinski definition) is 0. The summed E-state index contributed by atoms with van der Waals surface area (Å²) >= 11 is 0. The standard InChI is InChI=1S/C17H13N3/c1-2-6-15(7-3-1)19-20-16-11-9-14(10-12-16)17-8-4-5-13-18-17/h1-13H. The quantitative estimate of drug-likeness (QED) is 0.598. The topological polar surface area (TPSA) is 37.6 Å². The molecule has 0 saturated heterocycles. The van der Waals surface area contributed by atoms with E-state index in [1.165, 1.54) is 0 Å². The van der Waals surface area contributed by atoms with Crippen molar-refractivity contribution < 1.29 is 0 Å². The van der Waals surface area contributed by atoms with E-state index in [9.17, 15) is 0 Å². The number of rotatable bonds is 3. The lowest BCUT2D eigenvalue weighted by Crippen LogP contribution is -1.80. The van der Waals surface area contributed by atoms with Crippen LogP contribution in [0.1, 0.15) is 0 Å². The van der Waals surface area contributed by atoms with Crippen LogP contribution in [0.25, 0.3) is 11.3 Å². The lowest BCUT2D eigenvalue weighted by Gasteiger charge is -2.00. The minimum atomic E-state index is 0.827. The van der Waals surface area contributed by atoms with Crippen molar-refractivity contribution in [2.45, 2.75) is 0 Å². The van der Waals surface area contributed by atoms with E-state index in [1.807, 2.05) is 72.8 Å². The Morgan fingerprint density at radius 1 is 0.600 bits per heavy atom. The fraction of sp³-hybridized carbons (Fsp3) is 0. The minimum absolute atomic E-state index is 0.827. The lowest BCUT2D eigenvalue weighted by atomic mass is 10.1. The average molecular weight is 259 g/mol. The molecule has 1 heterocycles. The molecule has 0 unspecified atom stereocenters. The third kappa shape index (κ3) is 2.95. The van der Waals surface area contributed by atoms with Gasteiger partial charge in [-0.25, -0.2) is 0 Å². The van der Waals surface area contributed by atoms with Gasteiger partial charge in [0.05, 0.1) is 17.1 Å². The molecule has 3 aromatic rings. The molecule has 0 amide bonds. The van der Waals surface area contributed by atoms with Crippen molar-refractivity contribution in [3.8, 4) is 11.3 Å². The van der Waals surface area contributed by atoms with Crippen molar-refractivity contribution in [3.63, 3.8) is 0 Å². The summed E-state index contributed by atoms with van der Waals surface area (Å²) in [7, 11) is 0. The molecule has 2 aromatic carbocycles. The highest BCUT2D eigenvalue weighted by molar-refractivity contribution is 5.61. The van der Waals surface area contributed by atoms with Gasteiger partial charge in [0.15, 0.2) is 0 Å². The van der Waals surface area contributed by atoms with Crippen molar-refractivity contribution in [2.75, 3.05) is 0 Å². The van der Waals surface area contributed by atoms with E-state index in [4.69, 9.17) is 0 Å². The molecule has 0 aliphatic carbocycles. The van der Waals surface area contributed by atoms with Gasteiger partial charge in [0.2, 0.25) is 0 Å². The molecule has 1 aromatic heterocycles. The van der Waals surface area contributed by atoms with E-state index in [-0.39, 0.29) is 0 Å². The number of pyridine rings is 1. The summed E-state index contributed by atoms with van der Waals surface area (Å²) in [5.74, 6) is 0. The van der Waals surface area contributed by atoms with Crippen LogP contribution in [0.5, 0.6) is 0 Å². The van der Waals surface area contributed by atoms with E-state index < -0.39 is 0 Å². The molecule has 0 radical (unpaired) electrons. The number of benzene rings is 2. The second kappa shape index (κ2) is 5.89. The largest absolute Gasteiger partial charge is 0.256 e. The molecule has 0 bridgehead atoms. The Hall–Kier alpha value is -2.81. The van der Waals surface area contributed by atoms with Gasteiger partial charge in [-0.15, -0.1) is 0 Å². The van der Waals surface area contributed by atoms with Gasteiger partial charge in [-0.3, -0.25) is 4.98 Å². The highest BCUT2D eigenvalue weighted by Crippen LogP contribution is 2.22. The zero-order valence-corrected chi connectivity index (χ0v) is 10.8. The summed E-state index contributed by atoms with van der Waals surface area (Å²) in [4.78, 5) is 4.32. The number of azo groups is 1. The number of nitrogens with zero attached hydrogens (tertiary/aromatic N) is 3. The molecule has 3 rings (SSSR count). The zero-order valence-electron chi connectivity index (χ0n) is 10.8. The molecule has 3 nitrogen and oxygen atoms in total. The number of aromatic nitrogens is 1. The molecule has 20 heavy (non-hydrogen) atoms. The van der Waals surface area contributed by atoms with Crippen LogP contribution in [0.3, 0.4) is 0 Å². The SMILES string of the molecule is c1ccc(N=Nc2ccc(-c3ccccn3)cc2)cc1. The van der Waals surface area contributed by atoms with Crippen molar-refractivity contribution in [2.24, 2.45) is 10.2 Å². The molecule has 0 aliphatic rings. The van der Waals surface area contributed by atoms with Crippen LogP contribution in [0.4, 0.5) is 11.4 Å². The van der Waals surface area contributed by atoms with Crippen molar-refractivity contribution >= 4 is 11.4 Å². The van der Waals surface area contributed by atoms with Crippen molar-refractivity contribution in [3.05, 3.63) is 79.0 Å². The van der Waals surface area contributed by atoms with Crippen LogP contribution in [0.15, 0.2) is 89.2 Å². The third-order valence-corrected chi connectivity index (χ3v) is 2.87. The van der Waals surface area contributed by atoms with Gasteiger partial charge >= 0.3 is 0 Å². The first-order valence-corrected chi connectivity index (χ1v) is 6.40. The van der Waals surface area contributed by atoms with Crippen LogP contribution >= 0.6 is 0 Å². The summed E-state index contributed by atoms with van der Waals surface area (Å²) in [5, 5.41) is 8.40. The van der Waals surface area contributed by atoms with Gasteiger partial charge in [0.25, 0.3) is 0 Å². The highest BCUT2D eigenvalue weighted by Gasteiger charge is 1.97. The maximum atomic E-state index is 4.32. The zero-order chi connectivity index (χ0) is 13.6. The monoisotopic (exact) mass is 259 g/mol. The van der Waals surface area contributed by atoms with E-state index in [0.29, 0.717) is 0 Å². The van der Waals surface area contributed by atoms with Crippen LogP contribution in [-0.4, -0.2) is 4.98 Å². The van der Waals surface area contributed by atoms with Gasteiger partial charge < -0.3 is 0 Å². The lowest BCUT2D eigenvalue weighted by molar-refractivity contribution is 1.23. The molecule has 0 N–H and O–H groups in total. The summed E-state index contributed by atoms with van der Waals surface area (Å²) in [6.07, 6.45) is 1.79. The van der Waals surface area contributed by atoms with E-state index in [1.54, 1.807) is 6.20 Å². The molecular formula is C17H13N3.